The molecule has 0 radical (unpaired) electrons. The summed E-state index contributed by atoms with van der Waals surface area (Å²) in [6.07, 6.45) is 0. The summed E-state index contributed by atoms with van der Waals surface area (Å²) in [5, 5.41) is 0.210. The van der Waals surface area contributed by atoms with Crippen molar-refractivity contribution in [2.45, 2.75) is 4.90 Å². The smallest absolute Gasteiger partial charge is 0.265 e. The molecule has 2 N–H and O–H groups in total. The molecule has 0 amide bonds. The number of nitrogens with two attached hydrogens (primary N) is 1. The number of benzene rings is 2. The van der Waals surface area contributed by atoms with E-state index < -0.39 is 15.8 Å². The van der Waals surface area contributed by atoms with E-state index in [1.54, 1.807) is 0 Å². The minimum atomic E-state index is -3.88. The van der Waals surface area contributed by atoms with Crippen LogP contribution in [0.5, 0.6) is 0 Å². The Labute approximate surface area is 135 Å². The van der Waals surface area contributed by atoms with E-state index in [4.69, 9.17) is 17.3 Å². The van der Waals surface area contributed by atoms with Gasteiger partial charge < -0.3 is 5.73 Å². The molecule has 0 saturated carbocycles. The third-order valence-corrected chi connectivity index (χ3v) is 6.04. The van der Waals surface area contributed by atoms with Crippen LogP contribution in [0.4, 0.5) is 15.8 Å². The van der Waals surface area contributed by atoms with Crippen molar-refractivity contribution in [3.8, 4) is 0 Å². The van der Waals surface area contributed by atoms with Gasteiger partial charge in [-0.1, -0.05) is 11.6 Å². The lowest BCUT2D eigenvalue weighted by molar-refractivity contribution is 0.593. The van der Waals surface area contributed by atoms with E-state index in [0.717, 1.165) is 4.31 Å². The average Bonchev–Trinajstić information content (AvgIpc) is 2.42. The molecule has 21 heavy (non-hydrogen) atoms. The van der Waals surface area contributed by atoms with Crippen LogP contribution < -0.4 is 10.0 Å². The third-order valence-electron chi connectivity index (χ3n) is 2.86. The number of sulfonamides is 1. The summed E-state index contributed by atoms with van der Waals surface area (Å²) < 4.78 is 39.5. The van der Waals surface area contributed by atoms with Crippen LogP contribution in [-0.4, -0.2) is 15.5 Å². The van der Waals surface area contributed by atoms with Gasteiger partial charge in [0.2, 0.25) is 0 Å². The SMILES string of the molecule is CN(c1ccc(F)cc1)S(=O)(=O)c1cc(Cl)cc(N)c1Br. The van der Waals surface area contributed by atoms with Gasteiger partial charge in [0.05, 0.1) is 10.2 Å². The van der Waals surface area contributed by atoms with Crippen molar-refractivity contribution < 1.29 is 12.8 Å². The largest absolute Gasteiger partial charge is 0.398 e. The Morgan fingerprint density at radius 1 is 1.24 bits per heavy atom. The Morgan fingerprint density at radius 2 is 1.81 bits per heavy atom. The molecule has 0 unspecified atom stereocenters. The van der Waals surface area contributed by atoms with Crippen molar-refractivity contribution >= 4 is 48.9 Å². The quantitative estimate of drug-likeness (QED) is 0.810. The first-order chi connectivity index (χ1) is 9.73. The minimum absolute atomic E-state index is 0.0562. The number of hydrogen-bond acceptors (Lipinski definition) is 3. The molecule has 0 heterocycles. The molecule has 0 aromatic heterocycles. The fourth-order valence-corrected chi connectivity index (χ4v) is 4.16. The van der Waals surface area contributed by atoms with E-state index in [9.17, 15) is 12.8 Å². The third kappa shape index (κ3) is 3.14. The van der Waals surface area contributed by atoms with E-state index in [1.807, 2.05) is 0 Å². The fourth-order valence-electron chi connectivity index (χ4n) is 1.71. The molecular weight excluding hydrogens is 383 g/mol. The number of nitrogen functional groups attached to an aromatic ring is 1. The van der Waals surface area contributed by atoms with E-state index in [1.165, 1.54) is 43.4 Å². The van der Waals surface area contributed by atoms with Crippen molar-refractivity contribution in [2.75, 3.05) is 17.1 Å². The zero-order chi connectivity index (χ0) is 15.8. The van der Waals surface area contributed by atoms with E-state index in [-0.39, 0.29) is 20.1 Å². The summed E-state index contributed by atoms with van der Waals surface area (Å²) in [5.41, 5.74) is 6.25. The second-order valence-corrected chi connectivity index (χ2v) is 7.42. The maximum absolute atomic E-state index is 12.9. The number of nitrogens with zero attached hydrogens (tertiary/aromatic N) is 1. The normalized spacial score (nSPS) is 11.4. The zero-order valence-corrected chi connectivity index (χ0v) is 14.0. The number of hydrogen-bond donors (Lipinski definition) is 1. The van der Waals surface area contributed by atoms with Gasteiger partial charge in [-0.15, -0.1) is 0 Å². The molecule has 0 spiro atoms. The van der Waals surface area contributed by atoms with Crippen LogP contribution in [0.3, 0.4) is 0 Å². The minimum Gasteiger partial charge on any atom is -0.398 e. The summed E-state index contributed by atoms with van der Waals surface area (Å²) in [7, 11) is -2.51. The molecule has 0 aliphatic carbocycles. The van der Waals surface area contributed by atoms with Gasteiger partial charge in [0.15, 0.2) is 0 Å². The van der Waals surface area contributed by atoms with Gasteiger partial charge in [-0.3, -0.25) is 4.31 Å². The lowest BCUT2D eigenvalue weighted by Gasteiger charge is -2.21. The molecule has 0 bridgehead atoms. The molecule has 0 atom stereocenters. The first-order valence-electron chi connectivity index (χ1n) is 5.72. The van der Waals surface area contributed by atoms with Gasteiger partial charge in [-0.25, -0.2) is 12.8 Å². The highest BCUT2D eigenvalue weighted by atomic mass is 79.9. The Balaban J connectivity index is 2.54. The van der Waals surface area contributed by atoms with Crippen LogP contribution in [0.1, 0.15) is 0 Å². The molecule has 0 saturated heterocycles. The van der Waals surface area contributed by atoms with Crippen LogP contribution in [-0.2, 0) is 10.0 Å². The first kappa shape index (κ1) is 16.1. The van der Waals surface area contributed by atoms with E-state index in [0.29, 0.717) is 5.69 Å². The summed E-state index contributed by atoms with van der Waals surface area (Å²) >= 11 is 9.02. The predicted octanol–water partition coefficient (Wildman–Crippen LogP) is 3.65. The van der Waals surface area contributed by atoms with Crippen LogP contribution >= 0.6 is 27.5 Å². The molecule has 0 fully saturated rings. The van der Waals surface area contributed by atoms with Gasteiger partial charge in [-0.2, -0.15) is 0 Å². The van der Waals surface area contributed by atoms with Crippen molar-refractivity contribution in [3.05, 3.63) is 51.7 Å². The highest BCUT2D eigenvalue weighted by Gasteiger charge is 2.25. The monoisotopic (exact) mass is 392 g/mol. The fraction of sp³-hybridized carbons (Fsp3) is 0.0769. The van der Waals surface area contributed by atoms with Crippen LogP contribution in [0, 0.1) is 5.82 Å². The summed E-state index contributed by atoms with van der Waals surface area (Å²) in [6.45, 7) is 0. The molecule has 2 aromatic carbocycles. The molecule has 112 valence electrons. The van der Waals surface area contributed by atoms with Gasteiger partial charge >= 0.3 is 0 Å². The Bertz CT molecular complexity index is 782. The summed E-state index contributed by atoms with van der Waals surface area (Å²) in [6, 6.07) is 7.86. The van der Waals surface area contributed by atoms with E-state index >= 15 is 0 Å². The maximum atomic E-state index is 12.9. The van der Waals surface area contributed by atoms with Gasteiger partial charge in [0.25, 0.3) is 10.0 Å². The molecule has 2 rings (SSSR count). The molecule has 0 aliphatic heterocycles. The Morgan fingerprint density at radius 3 is 2.38 bits per heavy atom. The topological polar surface area (TPSA) is 63.4 Å². The summed E-state index contributed by atoms with van der Waals surface area (Å²) in [5.74, 6) is -0.447. The van der Waals surface area contributed by atoms with Gasteiger partial charge in [0, 0.05) is 17.8 Å². The maximum Gasteiger partial charge on any atom is 0.265 e. The standard InChI is InChI=1S/C13H11BrClFN2O2S/c1-18(10-4-2-9(16)3-5-10)21(19,20)12-7-8(15)6-11(17)13(12)14/h2-7H,17H2,1H3. The highest BCUT2D eigenvalue weighted by molar-refractivity contribution is 9.10. The van der Waals surface area contributed by atoms with Gasteiger partial charge in [-0.05, 0) is 52.3 Å². The predicted molar refractivity (Wildman–Crippen MR) is 85.6 cm³/mol. The first-order valence-corrected chi connectivity index (χ1v) is 8.33. The van der Waals surface area contributed by atoms with Crippen molar-refractivity contribution in [1.29, 1.82) is 0 Å². The number of rotatable bonds is 3. The average molecular weight is 394 g/mol. The molecule has 2 aromatic rings. The lowest BCUT2D eigenvalue weighted by Crippen LogP contribution is -2.27. The molecular formula is C13H11BrClFN2O2S. The second-order valence-electron chi connectivity index (χ2n) is 4.26. The van der Waals surface area contributed by atoms with Crippen molar-refractivity contribution in [3.63, 3.8) is 0 Å². The van der Waals surface area contributed by atoms with Crippen LogP contribution in [0.15, 0.2) is 45.8 Å². The Hall–Kier alpha value is -1.31. The van der Waals surface area contributed by atoms with Crippen LogP contribution in [0.2, 0.25) is 5.02 Å². The van der Waals surface area contributed by atoms with Gasteiger partial charge in [0.1, 0.15) is 10.7 Å². The number of halogens is 3. The van der Waals surface area contributed by atoms with Crippen molar-refractivity contribution in [1.82, 2.24) is 0 Å². The highest BCUT2D eigenvalue weighted by Crippen LogP contribution is 2.34. The van der Waals surface area contributed by atoms with Crippen LogP contribution in [0.25, 0.3) is 0 Å². The summed E-state index contributed by atoms with van der Waals surface area (Å²) in [4.78, 5) is -0.0562. The van der Waals surface area contributed by atoms with Crippen molar-refractivity contribution in [2.24, 2.45) is 0 Å². The van der Waals surface area contributed by atoms with E-state index in [2.05, 4.69) is 15.9 Å². The molecule has 4 nitrogen and oxygen atoms in total. The molecule has 8 heteroatoms. The Kier molecular flexibility index (Phi) is 4.46. The lowest BCUT2D eigenvalue weighted by atomic mass is 10.3. The second kappa shape index (κ2) is 5.82. The molecule has 0 aliphatic rings. The zero-order valence-electron chi connectivity index (χ0n) is 10.8. The number of anilines is 2.